The van der Waals surface area contributed by atoms with Crippen LogP contribution in [0.15, 0.2) is 78.5 Å². The van der Waals surface area contributed by atoms with E-state index < -0.39 is 17.6 Å². The van der Waals surface area contributed by atoms with Gasteiger partial charge in [-0.3, -0.25) is 14.4 Å². The predicted octanol–water partition coefficient (Wildman–Crippen LogP) is 5.09. The molecule has 3 aromatic carbocycles. The van der Waals surface area contributed by atoms with Crippen molar-refractivity contribution in [2.75, 3.05) is 5.32 Å². The van der Waals surface area contributed by atoms with Crippen LogP contribution in [-0.4, -0.2) is 17.6 Å². The van der Waals surface area contributed by atoms with Crippen LogP contribution >= 0.6 is 11.6 Å². The molecular formula is C24H18ClFN2O3. The highest BCUT2D eigenvalue weighted by atomic mass is 35.5. The van der Waals surface area contributed by atoms with Gasteiger partial charge in [-0.05, 0) is 55.0 Å². The Hall–Kier alpha value is -3.77. The molecule has 0 aliphatic rings. The average Bonchev–Trinajstić information content (AvgIpc) is 2.75. The number of carbonyl (C=O) groups is 3. The van der Waals surface area contributed by atoms with Gasteiger partial charge in [-0.2, -0.15) is 0 Å². The summed E-state index contributed by atoms with van der Waals surface area (Å²) in [7, 11) is 0. The van der Waals surface area contributed by atoms with E-state index in [9.17, 15) is 18.8 Å². The van der Waals surface area contributed by atoms with Crippen LogP contribution in [0.5, 0.6) is 0 Å². The maximum absolute atomic E-state index is 13.2. The summed E-state index contributed by atoms with van der Waals surface area (Å²) < 4.78 is 13.2. The molecule has 0 fully saturated rings. The third kappa shape index (κ3) is 5.87. The number of carbonyl (C=O) groups excluding carboxylic acids is 3. The van der Waals surface area contributed by atoms with Crippen LogP contribution in [0.4, 0.5) is 10.1 Å². The van der Waals surface area contributed by atoms with Gasteiger partial charge in [-0.1, -0.05) is 48.0 Å². The zero-order valence-corrected chi connectivity index (χ0v) is 17.2. The van der Waals surface area contributed by atoms with Gasteiger partial charge in [-0.25, -0.2) is 4.39 Å². The van der Waals surface area contributed by atoms with Gasteiger partial charge in [0, 0.05) is 11.3 Å². The zero-order chi connectivity index (χ0) is 22.4. The summed E-state index contributed by atoms with van der Waals surface area (Å²) in [6.07, 6.45) is 1.42. The standard InChI is InChI=1S/C24H18ClFN2O3/c1-15(29)17-5-4-6-19(14-17)27-24(31)22(13-16-9-11-18(26)12-10-16)28-23(30)20-7-2-3-8-21(20)25/h2-14H,1H3,(H,27,31)(H,28,30). The smallest absolute Gasteiger partial charge is 0.272 e. The lowest BCUT2D eigenvalue weighted by Gasteiger charge is -2.12. The highest BCUT2D eigenvalue weighted by Gasteiger charge is 2.17. The van der Waals surface area contributed by atoms with Crippen molar-refractivity contribution < 1.29 is 18.8 Å². The maximum atomic E-state index is 13.2. The summed E-state index contributed by atoms with van der Waals surface area (Å²) in [5.74, 6) is -1.77. The highest BCUT2D eigenvalue weighted by molar-refractivity contribution is 6.34. The summed E-state index contributed by atoms with van der Waals surface area (Å²) in [6, 6.07) is 18.3. The van der Waals surface area contributed by atoms with Gasteiger partial charge < -0.3 is 10.6 Å². The molecule has 2 amide bonds. The number of benzene rings is 3. The molecule has 3 rings (SSSR count). The molecule has 2 N–H and O–H groups in total. The summed E-state index contributed by atoms with van der Waals surface area (Å²) in [5.41, 5.74) is 1.44. The minimum Gasteiger partial charge on any atom is -0.321 e. The number of amides is 2. The first kappa shape index (κ1) is 21.9. The number of anilines is 1. The molecule has 156 valence electrons. The molecule has 0 heterocycles. The molecule has 0 saturated heterocycles. The highest BCUT2D eigenvalue weighted by Crippen LogP contribution is 2.17. The monoisotopic (exact) mass is 436 g/mol. The van der Waals surface area contributed by atoms with Gasteiger partial charge in [0.25, 0.3) is 11.8 Å². The van der Waals surface area contributed by atoms with Crippen LogP contribution in [0.2, 0.25) is 5.02 Å². The molecule has 0 radical (unpaired) electrons. The van der Waals surface area contributed by atoms with E-state index in [0.717, 1.165) is 0 Å². The Labute approximate surface area is 183 Å². The lowest BCUT2D eigenvalue weighted by Crippen LogP contribution is -2.31. The van der Waals surface area contributed by atoms with E-state index in [0.29, 0.717) is 16.8 Å². The second-order valence-corrected chi connectivity index (χ2v) is 7.04. The van der Waals surface area contributed by atoms with Crippen LogP contribution in [0.25, 0.3) is 6.08 Å². The molecular weight excluding hydrogens is 419 g/mol. The van der Waals surface area contributed by atoms with Gasteiger partial charge in [0.1, 0.15) is 11.5 Å². The number of halogens is 2. The third-order valence-electron chi connectivity index (χ3n) is 4.32. The first-order valence-electron chi connectivity index (χ1n) is 9.29. The van der Waals surface area contributed by atoms with Crippen molar-refractivity contribution in [3.05, 3.63) is 106 Å². The van der Waals surface area contributed by atoms with Crippen molar-refractivity contribution in [1.82, 2.24) is 5.32 Å². The molecule has 0 saturated carbocycles. The van der Waals surface area contributed by atoms with E-state index in [2.05, 4.69) is 10.6 Å². The molecule has 5 nitrogen and oxygen atoms in total. The molecule has 7 heteroatoms. The Morgan fingerprint density at radius 3 is 2.32 bits per heavy atom. The lowest BCUT2D eigenvalue weighted by molar-refractivity contribution is -0.113. The van der Waals surface area contributed by atoms with Crippen molar-refractivity contribution in [1.29, 1.82) is 0 Å². The number of ketones is 1. The third-order valence-corrected chi connectivity index (χ3v) is 4.65. The van der Waals surface area contributed by atoms with E-state index >= 15 is 0 Å². The van der Waals surface area contributed by atoms with Crippen molar-refractivity contribution in [2.45, 2.75) is 6.92 Å². The van der Waals surface area contributed by atoms with E-state index in [-0.39, 0.29) is 22.1 Å². The Bertz CT molecular complexity index is 1170. The number of hydrogen-bond acceptors (Lipinski definition) is 3. The van der Waals surface area contributed by atoms with Crippen LogP contribution in [0, 0.1) is 5.82 Å². The Morgan fingerprint density at radius 1 is 0.935 bits per heavy atom. The van der Waals surface area contributed by atoms with Crippen molar-refractivity contribution in [3.63, 3.8) is 0 Å². The molecule has 0 atom stereocenters. The normalized spacial score (nSPS) is 11.0. The fraction of sp³-hybridized carbons (Fsp3) is 0.0417. The number of nitrogens with one attached hydrogen (secondary N) is 2. The van der Waals surface area contributed by atoms with Gasteiger partial charge in [-0.15, -0.1) is 0 Å². The van der Waals surface area contributed by atoms with Gasteiger partial charge in [0.2, 0.25) is 0 Å². The predicted molar refractivity (Wildman–Crippen MR) is 118 cm³/mol. The van der Waals surface area contributed by atoms with Gasteiger partial charge >= 0.3 is 0 Å². The van der Waals surface area contributed by atoms with Gasteiger partial charge in [0.15, 0.2) is 5.78 Å². The van der Waals surface area contributed by atoms with Gasteiger partial charge in [0.05, 0.1) is 10.6 Å². The largest absolute Gasteiger partial charge is 0.321 e. The maximum Gasteiger partial charge on any atom is 0.272 e. The van der Waals surface area contributed by atoms with E-state index in [1.54, 1.807) is 36.4 Å². The number of Topliss-reactive ketones (excluding diaryl/α,β-unsaturated/α-hetero) is 1. The second-order valence-electron chi connectivity index (χ2n) is 6.63. The molecule has 0 spiro atoms. The second kappa shape index (κ2) is 9.82. The molecule has 0 bridgehead atoms. The minimum absolute atomic E-state index is 0.0789. The summed E-state index contributed by atoms with van der Waals surface area (Å²) in [5, 5.41) is 5.45. The number of hydrogen-bond donors (Lipinski definition) is 2. The lowest BCUT2D eigenvalue weighted by atomic mass is 10.1. The van der Waals surface area contributed by atoms with Crippen LogP contribution < -0.4 is 10.6 Å². The van der Waals surface area contributed by atoms with Crippen LogP contribution in [-0.2, 0) is 4.79 Å². The quantitative estimate of drug-likeness (QED) is 0.417. The number of rotatable bonds is 6. The molecule has 31 heavy (non-hydrogen) atoms. The summed E-state index contributed by atoms with van der Waals surface area (Å²) >= 11 is 6.08. The fourth-order valence-electron chi connectivity index (χ4n) is 2.73. The van der Waals surface area contributed by atoms with Crippen LogP contribution in [0.1, 0.15) is 33.2 Å². The minimum atomic E-state index is -0.620. The van der Waals surface area contributed by atoms with Crippen molar-refractivity contribution >= 4 is 41.0 Å². The topological polar surface area (TPSA) is 75.3 Å². The van der Waals surface area contributed by atoms with Crippen LogP contribution in [0.3, 0.4) is 0 Å². The molecule has 0 aromatic heterocycles. The van der Waals surface area contributed by atoms with Crippen molar-refractivity contribution in [2.24, 2.45) is 0 Å². The van der Waals surface area contributed by atoms with E-state index in [1.165, 1.54) is 49.4 Å². The molecule has 0 aliphatic heterocycles. The fourth-order valence-corrected chi connectivity index (χ4v) is 2.95. The Morgan fingerprint density at radius 2 is 1.65 bits per heavy atom. The van der Waals surface area contributed by atoms with E-state index in [1.807, 2.05) is 0 Å². The summed E-state index contributed by atoms with van der Waals surface area (Å²) in [4.78, 5) is 37.2. The Kier molecular flexibility index (Phi) is 6.95. The average molecular weight is 437 g/mol. The molecule has 0 unspecified atom stereocenters. The van der Waals surface area contributed by atoms with E-state index in [4.69, 9.17) is 11.6 Å². The summed E-state index contributed by atoms with van der Waals surface area (Å²) in [6.45, 7) is 1.42. The SMILES string of the molecule is CC(=O)c1cccc(NC(=O)C(=Cc2ccc(F)cc2)NC(=O)c2ccccc2Cl)c1. The first-order valence-corrected chi connectivity index (χ1v) is 9.67. The first-order chi connectivity index (χ1) is 14.8. The molecule has 3 aromatic rings. The zero-order valence-electron chi connectivity index (χ0n) is 16.5. The van der Waals surface area contributed by atoms with Crippen molar-refractivity contribution in [3.8, 4) is 0 Å². The Balaban J connectivity index is 1.91. The molecule has 0 aliphatic carbocycles.